The third-order valence-electron chi connectivity index (χ3n) is 2.58. The molecule has 2 aromatic rings. The molecule has 112 valence electrons. The van der Waals surface area contributed by atoms with Crippen LogP contribution in [-0.4, -0.2) is 22.5 Å². The molecular weight excluding hydrogens is 289 g/mol. The number of nitrogens with zero attached hydrogens (tertiary/aromatic N) is 2. The maximum Gasteiger partial charge on any atom is 0.417 e. The van der Waals surface area contributed by atoms with Crippen molar-refractivity contribution < 1.29 is 27.1 Å². The second-order valence-electron chi connectivity index (χ2n) is 4.07. The minimum Gasteiger partial charge on any atom is -0.461 e. The minimum absolute atomic E-state index is 0.0199. The van der Waals surface area contributed by atoms with Crippen LogP contribution in [0, 0.1) is 6.92 Å². The maximum atomic E-state index is 12.4. The van der Waals surface area contributed by atoms with Crippen LogP contribution in [0.1, 0.15) is 28.7 Å². The highest BCUT2D eigenvalue weighted by Gasteiger charge is 2.31. The van der Waals surface area contributed by atoms with Gasteiger partial charge in [-0.2, -0.15) is 13.2 Å². The van der Waals surface area contributed by atoms with Crippen LogP contribution in [0.15, 0.2) is 22.7 Å². The summed E-state index contributed by atoms with van der Waals surface area (Å²) in [5.41, 5.74) is -0.796. The number of esters is 1. The second-order valence-corrected chi connectivity index (χ2v) is 4.07. The number of hydrogen-bond donors (Lipinski definition) is 0. The smallest absolute Gasteiger partial charge is 0.417 e. The second kappa shape index (κ2) is 5.55. The Hall–Kier alpha value is -2.38. The summed E-state index contributed by atoms with van der Waals surface area (Å²) in [7, 11) is 0. The van der Waals surface area contributed by atoms with Crippen molar-refractivity contribution in [2.45, 2.75) is 20.0 Å². The van der Waals surface area contributed by atoms with Gasteiger partial charge in [0.1, 0.15) is 11.5 Å². The highest BCUT2D eigenvalue weighted by Crippen LogP contribution is 2.29. The van der Waals surface area contributed by atoms with E-state index in [2.05, 4.69) is 9.97 Å². The summed E-state index contributed by atoms with van der Waals surface area (Å²) >= 11 is 0. The lowest BCUT2D eigenvalue weighted by atomic mass is 10.2. The molecular formula is C13H11F3N2O3. The van der Waals surface area contributed by atoms with Crippen molar-refractivity contribution in [1.82, 2.24) is 9.97 Å². The number of aryl methyl sites for hydroxylation is 1. The molecule has 0 aliphatic heterocycles. The largest absolute Gasteiger partial charge is 0.461 e. The summed E-state index contributed by atoms with van der Waals surface area (Å²) in [4.78, 5) is 19.1. The molecule has 0 unspecified atom stereocenters. The molecule has 0 fully saturated rings. The Morgan fingerprint density at radius 1 is 1.38 bits per heavy atom. The number of hydrogen-bond acceptors (Lipinski definition) is 5. The van der Waals surface area contributed by atoms with Gasteiger partial charge in [0.05, 0.1) is 12.2 Å². The molecule has 0 aliphatic carbocycles. The highest BCUT2D eigenvalue weighted by molar-refractivity contribution is 5.88. The average Bonchev–Trinajstić information content (AvgIpc) is 2.80. The lowest BCUT2D eigenvalue weighted by molar-refractivity contribution is -0.137. The quantitative estimate of drug-likeness (QED) is 0.814. The van der Waals surface area contributed by atoms with Crippen molar-refractivity contribution in [3.05, 3.63) is 35.3 Å². The van der Waals surface area contributed by atoms with E-state index < -0.39 is 17.7 Å². The number of rotatable bonds is 3. The highest BCUT2D eigenvalue weighted by atomic mass is 19.4. The van der Waals surface area contributed by atoms with Gasteiger partial charge in [-0.15, -0.1) is 0 Å². The van der Waals surface area contributed by atoms with Crippen molar-refractivity contribution >= 4 is 5.97 Å². The predicted octanol–water partition coefficient (Wildman–Crippen LogP) is 3.24. The molecule has 0 radical (unpaired) electrons. The number of pyridine rings is 1. The van der Waals surface area contributed by atoms with Crippen molar-refractivity contribution in [3.63, 3.8) is 0 Å². The standard InChI is InChI=1S/C13H11F3N2O3/c1-3-20-12(19)10-7(2)21-11(18-10)9-5-4-8(6-17-9)13(14,15)16/h4-6H,3H2,1-2H3. The molecule has 0 spiro atoms. The Kier molecular flexibility index (Phi) is 3.97. The van der Waals surface area contributed by atoms with Gasteiger partial charge in [-0.1, -0.05) is 0 Å². The lowest BCUT2D eigenvalue weighted by Gasteiger charge is -2.05. The molecule has 0 amide bonds. The van der Waals surface area contributed by atoms with E-state index in [1.165, 1.54) is 6.92 Å². The summed E-state index contributed by atoms with van der Waals surface area (Å²) < 4.78 is 47.4. The zero-order valence-electron chi connectivity index (χ0n) is 11.2. The van der Waals surface area contributed by atoms with E-state index >= 15 is 0 Å². The van der Waals surface area contributed by atoms with E-state index in [4.69, 9.17) is 9.15 Å². The van der Waals surface area contributed by atoms with Gasteiger partial charge >= 0.3 is 12.1 Å². The molecule has 0 N–H and O–H groups in total. The monoisotopic (exact) mass is 300 g/mol. The van der Waals surface area contributed by atoms with Crippen LogP contribution in [0.3, 0.4) is 0 Å². The van der Waals surface area contributed by atoms with Crippen molar-refractivity contribution in [1.29, 1.82) is 0 Å². The fraction of sp³-hybridized carbons (Fsp3) is 0.308. The van der Waals surface area contributed by atoms with Gasteiger partial charge in [-0.05, 0) is 26.0 Å². The molecule has 0 aromatic carbocycles. The Bertz CT molecular complexity index is 648. The summed E-state index contributed by atoms with van der Waals surface area (Å²) in [5, 5.41) is 0. The Morgan fingerprint density at radius 3 is 2.62 bits per heavy atom. The van der Waals surface area contributed by atoms with E-state index in [1.54, 1.807) is 6.92 Å². The van der Waals surface area contributed by atoms with Crippen molar-refractivity contribution in [3.8, 4) is 11.6 Å². The number of aromatic nitrogens is 2. The van der Waals surface area contributed by atoms with Crippen molar-refractivity contribution in [2.75, 3.05) is 6.61 Å². The molecule has 2 aromatic heterocycles. The third kappa shape index (κ3) is 3.21. The first-order valence-corrected chi connectivity index (χ1v) is 6.01. The molecule has 2 heterocycles. The van der Waals surface area contributed by atoms with Crippen LogP contribution < -0.4 is 0 Å². The molecule has 0 saturated heterocycles. The molecule has 0 aliphatic rings. The minimum atomic E-state index is -4.46. The number of alkyl halides is 3. The zero-order chi connectivity index (χ0) is 15.6. The van der Waals surface area contributed by atoms with Crippen LogP contribution in [0.2, 0.25) is 0 Å². The number of ether oxygens (including phenoxy) is 1. The zero-order valence-corrected chi connectivity index (χ0v) is 11.2. The summed E-state index contributed by atoms with van der Waals surface area (Å²) in [5.74, 6) is -0.480. The molecule has 2 rings (SSSR count). The lowest BCUT2D eigenvalue weighted by Crippen LogP contribution is -2.06. The molecule has 21 heavy (non-hydrogen) atoms. The van der Waals surface area contributed by atoms with Gasteiger partial charge in [0.25, 0.3) is 0 Å². The topological polar surface area (TPSA) is 65.2 Å². The van der Waals surface area contributed by atoms with Crippen LogP contribution >= 0.6 is 0 Å². The number of carbonyl (C=O) groups is 1. The van der Waals surface area contributed by atoms with E-state index in [0.29, 0.717) is 6.20 Å². The van der Waals surface area contributed by atoms with E-state index in [9.17, 15) is 18.0 Å². The van der Waals surface area contributed by atoms with Gasteiger partial charge in [-0.25, -0.2) is 9.78 Å². The van der Waals surface area contributed by atoms with Gasteiger partial charge in [0, 0.05) is 6.20 Å². The summed E-state index contributed by atoms with van der Waals surface area (Å²) in [6.45, 7) is 3.33. The molecule has 0 atom stereocenters. The first-order chi connectivity index (χ1) is 9.82. The van der Waals surface area contributed by atoms with Gasteiger partial charge < -0.3 is 9.15 Å². The van der Waals surface area contributed by atoms with Crippen LogP contribution in [0.4, 0.5) is 13.2 Å². The van der Waals surface area contributed by atoms with E-state index in [1.807, 2.05) is 0 Å². The Balaban J connectivity index is 2.31. The van der Waals surface area contributed by atoms with E-state index in [-0.39, 0.29) is 29.6 Å². The Morgan fingerprint density at radius 2 is 2.10 bits per heavy atom. The normalized spacial score (nSPS) is 11.5. The predicted molar refractivity (Wildman–Crippen MR) is 65.4 cm³/mol. The van der Waals surface area contributed by atoms with Crippen molar-refractivity contribution in [2.24, 2.45) is 0 Å². The molecule has 8 heteroatoms. The molecule has 5 nitrogen and oxygen atoms in total. The summed E-state index contributed by atoms with van der Waals surface area (Å²) in [6, 6.07) is 1.99. The third-order valence-corrected chi connectivity index (χ3v) is 2.58. The Labute approximate surface area is 117 Å². The fourth-order valence-electron chi connectivity index (χ4n) is 1.58. The molecule has 0 bridgehead atoms. The van der Waals surface area contributed by atoms with Crippen LogP contribution in [0.25, 0.3) is 11.6 Å². The van der Waals surface area contributed by atoms with Gasteiger partial charge in [0.2, 0.25) is 5.89 Å². The first kappa shape index (κ1) is 15.0. The fourth-order valence-corrected chi connectivity index (χ4v) is 1.58. The van der Waals surface area contributed by atoms with Gasteiger partial charge in [0.15, 0.2) is 5.69 Å². The number of carbonyl (C=O) groups excluding carboxylic acids is 1. The van der Waals surface area contributed by atoms with Crippen LogP contribution in [-0.2, 0) is 10.9 Å². The molecule has 0 saturated carbocycles. The number of halogens is 3. The summed E-state index contributed by atoms with van der Waals surface area (Å²) in [6.07, 6.45) is -3.78. The SMILES string of the molecule is CCOC(=O)c1nc(-c2ccc(C(F)(F)F)cn2)oc1C. The maximum absolute atomic E-state index is 12.4. The van der Waals surface area contributed by atoms with E-state index in [0.717, 1.165) is 12.1 Å². The van der Waals surface area contributed by atoms with Crippen LogP contribution in [0.5, 0.6) is 0 Å². The average molecular weight is 300 g/mol. The first-order valence-electron chi connectivity index (χ1n) is 6.01. The van der Waals surface area contributed by atoms with Gasteiger partial charge in [-0.3, -0.25) is 4.98 Å². The number of oxazole rings is 1.